The third-order valence-electron chi connectivity index (χ3n) is 5.22. The van der Waals surface area contributed by atoms with Crippen molar-refractivity contribution in [3.63, 3.8) is 0 Å². The number of nitrogens with zero attached hydrogens (tertiary/aromatic N) is 5. The van der Waals surface area contributed by atoms with Crippen LogP contribution in [0.2, 0.25) is 0 Å². The van der Waals surface area contributed by atoms with Crippen molar-refractivity contribution in [3.05, 3.63) is 24.8 Å². The summed E-state index contributed by atoms with van der Waals surface area (Å²) < 4.78 is 1.85. The zero-order valence-electron chi connectivity index (χ0n) is 15.1. The smallest absolute Gasteiger partial charge is 0.222 e. The molecule has 1 saturated carbocycles. The van der Waals surface area contributed by atoms with Crippen LogP contribution in [0.25, 0.3) is 22.3 Å². The van der Waals surface area contributed by atoms with Crippen molar-refractivity contribution in [3.8, 4) is 17.3 Å². The number of aromatic amines is 1. The highest BCUT2D eigenvalue weighted by Crippen LogP contribution is 2.38. The van der Waals surface area contributed by atoms with Gasteiger partial charge in [0, 0.05) is 24.7 Å². The summed E-state index contributed by atoms with van der Waals surface area (Å²) in [5.41, 5.74) is 2.17. The predicted octanol–water partition coefficient (Wildman–Crippen LogP) is 3.42. The standard InChI is InChI=1S/C19H21N7O/c1-12(27)24-19-15(17-14-7-9-21-18(14)23-11-22-17)10-26(25-19)16(6-8-20)13-4-2-3-5-13/h7,9-11,13,16H,2-6H2,1H3,(H,21,22,23)(H,24,25,27)/t16-/m0/s1. The number of hydrogen-bond acceptors (Lipinski definition) is 5. The normalized spacial score (nSPS) is 15.7. The van der Waals surface area contributed by atoms with Crippen LogP contribution in [0.1, 0.15) is 45.1 Å². The van der Waals surface area contributed by atoms with Crippen molar-refractivity contribution in [2.45, 2.75) is 45.1 Å². The number of aromatic nitrogens is 5. The minimum atomic E-state index is -0.196. The highest BCUT2D eigenvalue weighted by atomic mass is 16.1. The molecule has 1 aliphatic carbocycles. The van der Waals surface area contributed by atoms with E-state index >= 15 is 0 Å². The van der Waals surface area contributed by atoms with E-state index < -0.39 is 0 Å². The monoisotopic (exact) mass is 363 g/mol. The first-order chi connectivity index (χ1) is 13.2. The number of carbonyl (C=O) groups excluding carboxylic acids is 1. The lowest BCUT2D eigenvalue weighted by molar-refractivity contribution is -0.114. The number of nitriles is 1. The van der Waals surface area contributed by atoms with Crippen LogP contribution in [-0.4, -0.2) is 30.6 Å². The van der Waals surface area contributed by atoms with Crippen molar-refractivity contribution in [2.75, 3.05) is 5.32 Å². The van der Waals surface area contributed by atoms with Gasteiger partial charge in [0.2, 0.25) is 5.91 Å². The molecule has 8 nitrogen and oxygen atoms in total. The largest absolute Gasteiger partial charge is 0.346 e. The molecule has 3 heterocycles. The van der Waals surface area contributed by atoms with Gasteiger partial charge < -0.3 is 10.3 Å². The molecule has 3 aromatic heterocycles. The van der Waals surface area contributed by atoms with E-state index in [4.69, 9.17) is 0 Å². The molecule has 0 radical (unpaired) electrons. The Bertz CT molecular complexity index is 1010. The van der Waals surface area contributed by atoms with E-state index in [1.165, 1.54) is 26.1 Å². The van der Waals surface area contributed by atoms with Gasteiger partial charge in [-0.3, -0.25) is 9.48 Å². The maximum Gasteiger partial charge on any atom is 0.222 e. The van der Waals surface area contributed by atoms with Gasteiger partial charge in [0.1, 0.15) is 12.0 Å². The number of amides is 1. The molecule has 1 fully saturated rings. The van der Waals surface area contributed by atoms with Crippen molar-refractivity contribution < 1.29 is 4.79 Å². The van der Waals surface area contributed by atoms with Gasteiger partial charge in [-0.1, -0.05) is 12.8 Å². The summed E-state index contributed by atoms with van der Waals surface area (Å²) in [5.74, 6) is 0.698. The predicted molar refractivity (Wildman–Crippen MR) is 101 cm³/mol. The zero-order chi connectivity index (χ0) is 18.8. The summed E-state index contributed by atoms with van der Waals surface area (Å²) in [6.07, 6.45) is 10.2. The van der Waals surface area contributed by atoms with E-state index in [0.717, 1.165) is 29.4 Å². The molecule has 2 N–H and O–H groups in total. The summed E-state index contributed by atoms with van der Waals surface area (Å²) in [6, 6.07) is 4.21. The van der Waals surface area contributed by atoms with Crippen LogP contribution in [0.5, 0.6) is 0 Å². The Labute approximate surface area is 156 Å². The molecule has 0 unspecified atom stereocenters. The fourth-order valence-electron chi connectivity index (χ4n) is 3.99. The molecule has 0 aliphatic heterocycles. The van der Waals surface area contributed by atoms with Crippen LogP contribution in [-0.2, 0) is 4.79 Å². The second kappa shape index (κ2) is 7.19. The topological polar surface area (TPSA) is 112 Å². The number of rotatable bonds is 5. The number of carbonyl (C=O) groups is 1. The van der Waals surface area contributed by atoms with Crippen LogP contribution in [0.3, 0.4) is 0 Å². The van der Waals surface area contributed by atoms with Crippen molar-refractivity contribution >= 4 is 22.8 Å². The van der Waals surface area contributed by atoms with Gasteiger partial charge in [-0.2, -0.15) is 10.4 Å². The quantitative estimate of drug-likeness (QED) is 0.721. The highest BCUT2D eigenvalue weighted by Gasteiger charge is 2.28. The molecule has 0 saturated heterocycles. The van der Waals surface area contributed by atoms with Crippen molar-refractivity contribution in [1.82, 2.24) is 24.7 Å². The van der Waals surface area contributed by atoms with Gasteiger partial charge in [-0.25, -0.2) is 9.97 Å². The average molecular weight is 363 g/mol. The van der Waals surface area contributed by atoms with Gasteiger partial charge in [0.15, 0.2) is 5.82 Å². The molecule has 0 spiro atoms. The lowest BCUT2D eigenvalue weighted by atomic mass is 9.96. The summed E-state index contributed by atoms with van der Waals surface area (Å²) >= 11 is 0. The first-order valence-electron chi connectivity index (χ1n) is 9.19. The van der Waals surface area contributed by atoms with E-state index in [-0.39, 0.29) is 11.9 Å². The van der Waals surface area contributed by atoms with Crippen molar-refractivity contribution in [2.24, 2.45) is 5.92 Å². The lowest BCUT2D eigenvalue weighted by Crippen LogP contribution is -2.18. The molecule has 4 rings (SSSR count). The second-order valence-electron chi connectivity index (χ2n) is 6.99. The number of nitrogens with one attached hydrogen (secondary N) is 2. The summed E-state index contributed by atoms with van der Waals surface area (Å²) in [5, 5.41) is 17.6. The molecule has 27 heavy (non-hydrogen) atoms. The van der Waals surface area contributed by atoms with Crippen molar-refractivity contribution in [1.29, 1.82) is 5.26 Å². The summed E-state index contributed by atoms with van der Waals surface area (Å²) in [4.78, 5) is 23.5. The van der Waals surface area contributed by atoms with Crippen LogP contribution in [0.4, 0.5) is 5.82 Å². The van der Waals surface area contributed by atoms with E-state index in [9.17, 15) is 10.1 Å². The number of fused-ring (bicyclic) bond motifs is 1. The Balaban J connectivity index is 1.82. The lowest BCUT2D eigenvalue weighted by Gasteiger charge is -2.21. The fourth-order valence-corrected chi connectivity index (χ4v) is 3.99. The fraction of sp³-hybridized carbons (Fsp3) is 0.421. The number of hydrogen-bond donors (Lipinski definition) is 2. The Kier molecular flexibility index (Phi) is 4.59. The SMILES string of the molecule is CC(=O)Nc1nn([C@@H](CC#N)C2CCCC2)cc1-c1ncnc2[nH]ccc12. The summed E-state index contributed by atoms with van der Waals surface area (Å²) in [7, 11) is 0. The molecule has 0 aromatic carbocycles. The number of H-pyrrole nitrogens is 1. The van der Waals surface area contributed by atoms with Gasteiger partial charge in [-0.15, -0.1) is 0 Å². The van der Waals surface area contributed by atoms with Gasteiger partial charge >= 0.3 is 0 Å². The Morgan fingerprint density at radius 1 is 1.44 bits per heavy atom. The van der Waals surface area contributed by atoms with E-state index in [1.54, 1.807) is 0 Å². The maximum absolute atomic E-state index is 11.7. The minimum absolute atomic E-state index is 0.00214. The summed E-state index contributed by atoms with van der Waals surface area (Å²) in [6.45, 7) is 1.46. The first-order valence-corrected chi connectivity index (χ1v) is 9.19. The molecule has 1 aliphatic rings. The molecule has 138 valence electrons. The average Bonchev–Trinajstić information content (AvgIpc) is 3.39. The second-order valence-corrected chi connectivity index (χ2v) is 6.99. The molecular formula is C19H21N7O. The van der Waals surface area contributed by atoms with Gasteiger partial charge in [0.05, 0.1) is 29.8 Å². The van der Waals surface area contributed by atoms with Gasteiger partial charge in [-0.05, 0) is 24.8 Å². The number of anilines is 1. The molecule has 1 atom stereocenters. The van der Waals surface area contributed by atoms with Crippen LogP contribution in [0, 0.1) is 17.2 Å². The zero-order valence-corrected chi connectivity index (χ0v) is 15.1. The Morgan fingerprint density at radius 2 is 2.26 bits per heavy atom. The van der Waals surface area contributed by atoms with Crippen LogP contribution >= 0.6 is 0 Å². The van der Waals surface area contributed by atoms with Crippen LogP contribution in [0.15, 0.2) is 24.8 Å². The first kappa shape index (κ1) is 17.2. The maximum atomic E-state index is 11.7. The molecule has 3 aromatic rings. The van der Waals surface area contributed by atoms with Crippen LogP contribution < -0.4 is 5.32 Å². The Morgan fingerprint density at radius 3 is 3.00 bits per heavy atom. The van der Waals surface area contributed by atoms with E-state index in [1.807, 2.05) is 23.1 Å². The molecular weight excluding hydrogens is 342 g/mol. The highest BCUT2D eigenvalue weighted by molar-refractivity contribution is 5.97. The third-order valence-corrected chi connectivity index (χ3v) is 5.22. The molecule has 8 heteroatoms. The minimum Gasteiger partial charge on any atom is -0.346 e. The molecule has 0 bridgehead atoms. The van der Waals surface area contributed by atoms with E-state index in [2.05, 4.69) is 31.4 Å². The van der Waals surface area contributed by atoms with E-state index in [0.29, 0.717) is 23.9 Å². The third kappa shape index (κ3) is 3.28. The molecule has 1 amide bonds. The van der Waals surface area contributed by atoms with Gasteiger partial charge in [0.25, 0.3) is 0 Å². The Hall–Kier alpha value is -3.21.